The molecule has 0 aliphatic heterocycles. The normalized spacial score (nSPS) is 10.4. The van der Waals surface area contributed by atoms with Crippen LogP contribution in [0.2, 0.25) is 0 Å². The van der Waals surface area contributed by atoms with Crippen molar-refractivity contribution in [1.29, 1.82) is 0 Å². The summed E-state index contributed by atoms with van der Waals surface area (Å²) in [6.45, 7) is 2.01. The lowest BCUT2D eigenvalue weighted by atomic mass is 10.1. The zero-order valence-corrected chi connectivity index (χ0v) is 14.8. The molecule has 0 saturated heterocycles. The highest BCUT2D eigenvalue weighted by Gasteiger charge is 2.15. The Hall–Kier alpha value is -3.61. The van der Waals surface area contributed by atoms with Gasteiger partial charge in [0.15, 0.2) is 0 Å². The van der Waals surface area contributed by atoms with E-state index in [1.165, 1.54) is 7.11 Å². The number of carbonyl (C=O) groups is 2. The van der Waals surface area contributed by atoms with Gasteiger partial charge in [-0.25, -0.2) is 9.59 Å². The van der Waals surface area contributed by atoms with Crippen molar-refractivity contribution in [3.8, 4) is 5.75 Å². The fourth-order valence-electron chi connectivity index (χ4n) is 2.56. The van der Waals surface area contributed by atoms with Crippen LogP contribution in [0.3, 0.4) is 0 Å². The van der Waals surface area contributed by atoms with Crippen molar-refractivity contribution in [1.82, 2.24) is 0 Å². The Bertz CT molecular complexity index is 1050. The lowest BCUT2D eigenvalue weighted by molar-refractivity contribution is 0.0526. The number of carbonyl (C=O) groups excluding carboxylic acids is 2. The van der Waals surface area contributed by atoms with E-state index in [1.54, 1.807) is 49.4 Å². The Morgan fingerprint density at radius 3 is 2.48 bits per heavy atom. The van der Waals surface area contributed by atoms with Crippen LogP contribution in [0.25, 0.3) is 11.0 Å². The minimum atomic E-state index is -0.640. The van der Waals surface area contributed by atoms with Crippen LogP contribution in [-0.4, -0.2) is 25.6 Å². The zero-order valence-electron chi connectivity index (χ0n) is 14.8. The molecule has 138 valence electrons. The number of esters is 1. The summed E-state index contributed by atoms with van der Waals surface area (Å²) in [6, 6.07) is 12.3. The maximum Gasteiger partial charge on any atom is 0.338 e. The van der Waals surface area contributed by atoms with E-state index >= 15 is 0 Å². The summed E-state index contributed by atoms with van der Waals surface area (Å²) >= 11 is 0. The highest BCUT2D eigenvalue weighted by atomic mass is 16.5. The van der Waals surface area contributed by atoms with Crippen molar-refractivity contribution in [3.63, 3.8) is 0 Å². The summed E-state index contributed by atoms with van der Waals surface area (Å²) in [5.74, 6) is -0.393. The number of rotatable bonds is 5. The van der Waals surface area contributed by atoms with E-state index in [-0.39, 0.29) is 17.8 Å². The summed E-state index contributed by atoms with van der Waals surface area (Å²) in [6.07, 6.45) is 0. The molecule has 1 amide bonds. The molecule has 1 heterocycles. The van der Waals surface area contributed by atoms with Crippen molar-refractivity contribution in [3.05, 3.63) is 70.1 Å². The van der Waals surface area contributed by atoms with Crippen molar-refractivity contribution in [2.45, 2.75) is 6.92 Å². The molecule has 0 spiro atoms. The molecular formula is C20H17NO6. The van der Waals surface area contributed by atoms with Crippen LogP contribution in [-0.2, 0) is 4.74 Å². The third-order valence-corrected chi connectivity index (χ3v) is 3.85. The highest BCUT2D eigenvalue weighted by molar-refractivity contribution is 6.12. The number of anilines is 1. The molecule has 0 bridgehead atoms. The van der Waals surface area contributed by atoms with E-state index in [9.17, 15) is 14.4 Å². The Morgan fingerprint density at radius 2 is 1.81 bits per heavy atom. The Labute approximate surface area is 154 Å². The first-order valence-corrected chi connectivity index (χ1v) is 8.22. The quantitative estimate of drug-likeness (QED) is 0.549. The molecule has 0 atom stereocenters. The molecule has 0 saturated carbocycles. The largest absolute Gasteiger partial charge is 0.497 e. The Morgan fingerprint density at radius 1 is 1.07 bits per heavy atom. The molecule has 0 unspecified atom stereocenters. The predicted molar refractivity (Wildman–Crippen MR) is 99.4 cm³/mol. The van der Waals surface area contributed by atoms with E-state index in [1.807, 2.05) is 0 Å². The van der Waals surface area contributed by atoms with Gasteiger partial charge in [-0.2, -0.15) is 0 Å². The molecule has 3 rings (SSSR count). The van der Waals surface area contributed by atoms with Crippen molar-refractivity contribution >= 4 is 28.5 Å². The van der Waals surface area contributed by atoms with Gasteiger partial charge in [0.05, 0.1) is 24.8 Å². The van der Waals surface area contributed by atoms with Gasteiger partial charge < -0.3 is 19.2 Å². The number of amides is 1. The Balaban J connectivity index is 1.88. The molecule has 3 aromatic rings. The van der Waals surface area contributed by atoms with E-state index in [0.29, 0.717) is 22.4 Å². The summed E-state index contributed by atoms with van der Waals surface area (Å²) in [5.41, 5.74) is 0.650. The van der Waals surface area contributed by atoms with Gasteiger partial charge in [-0.3, -0.25) is 4.79 Å². The lowest BCUT2D eigenvalue weighted by Gasteiger charge is -2.09. The summed E-state index contributed by atoms with van der Waals surface area (Å²) in [5, 5.41) is 3.18. The molecule has 0 radical (unpaired) electrons. The van der Waals surface area contributed by atoms with Crippen molar-refractivity contribution < 1.29 is 23.5 Å². The van der Waals surface area contributed by atoms with Crippen LogP contribution in [0.4, 0.5) is 5.69 Å². The summed E-state index contributed by atoms with van der Waals surface area (Å²) < 4.78 is 15.2. The molecule has 2 aromatic carbocycles. The van der Waals surface area contributed by atoms with Gasteiger partial charge >= 0.3 is 11.6 Å². The van der Waals surface area contributed by atoms with Crippen LogP contribution in [0.5, 0.6) is 5.75 Å². The molecule has 7 nitrogen and oxygen atoms in total. The number of nitrogens with one attached hydrogen (secondary N) is 1. The van der Waals surface area contributed by atoms with Crippen LogP contribution >= 0.6 is 0 Å². The van der Waals surface area contributed by atoms with Gasteiger partial charge in [-0.15, -0.1) is 0 Å². The second-order valence-electron chi connectivity index (χ2n) is 5.59. The van der Waals surface area contributed by atoms with Gasteiger partial charge in [-0.1, -0.05) is 0 Å². The molecule has 0 fully saturated rings. The standard InChI is InChI=1S/C20H17NO6/c1-3-26-20(24)12-4-6-13(7-5-12)21-19(23)16-11-18(22)27-17-10-14(25-2)8-9-15(16)17/h4-11H,3H2,1-2H3,(H,21,23). The van der Waals surface area contributed by atoms with Crippen molar-refractivity contribution in [2.75, 3.05) is 19.0 Å². The smallest absolute Gasteiger partial charge is 0.338 e. The number of ether oxygens (including phenoxy) is 2. The van der Waals surface area contributed by atoms with Crippen LogP contribution < -0.4 is 15.7 Å². The van der Waals surface area contributed by atoms with E-state index < -0.39 is 17.5 Å². The maximum atomic E-state index is 12.6. The number of benzene rings is 2. The summed E-state index contributed by atoms with van der Waals surface area (Å²) in [7, 11) is 1.50. The number of fused-ring (bicyclic) bond motifs is 1. The molecule has 0 aliphatic rings. The third-order valence-electron chi connectivity index (χ3n) is 3.85. The first-order chi connectivity index (χ1) is 13.0. The van der Waals surface area contributed by atoms with Crippen LogP contribution in [0, 0.1) is 0 Å². The third kappa shape index (κ3) is 3.98. The average molecular weight is 367 g/mol. The second-order valence-corrected chi connectivity index (χ2v) is 5.59. The molecule has 0 aliphatic carbocycles. The van der Waals surface area contributed by atoms with Gasteiger partial charge in [0.2, 0.25) is 0 Å². The maximum absolute atomic E-state index is 12.6. The minimum absolute atomic E-state index is 0.179. The molecule has 27 heavy (non-hydrogen) atoms. The SMILES string of the molecule is CCOC(=O)c1ccc(NC(=O)c2cc(=O)oc3cc(OC)ccc23)cc1. The molecular weight excluding hydrogens is 350 g/mol. The summed E-state index contributed by atoms with van der Waals surface area (Å²) in [4.78, 5) is 36.1. The van der Waals surface area contributed by atoms with E-state index in [4.69, 9.17) is 13.9 Å². The van der Waals surface area contributed by atoms with Crippen LogP contribution in [0.1, 0.15) is 27.6 Å². The van der Waals surface area contributed by atoms with Gasteiger partial charge in [-0.05, 0) is 43.3 Å². The predicted octanol–water partition coefficient (Wildman–Crippen LogP) is 3.23. The van der Waals surface area contributed by atoms with Gasteiger partial charge in [0.1, 0.15) is 11.3 Å². The topological polar surface area (TPSA) is 94.8 Å². The average Bonchev–Trinajstić information content (AvgIpc) is 2.67. The fourth-order valence-corrected chi connectivity index (χ4v) is 2.56. The molecule has 1 N–H and O–H groups in total. The molecule has 7 heteroatoms. The van der Waals surface area contributed by atoms with E-state index in [0.717, 1.165) is 6.07 Å². The van der Waals surface area contributed by atoms with Gasteiger partial charge in [0, 0.05) is 23.2 Å². The van der Waals surface area contributed by atoms with Crippen LogP contribution in [0.15, 0.2) is 57.7 Å². The minimum Gasteiger partial charge on any atom is -0.497 e. The lowest BCUT2D eigenvalue weighted by Crippen LogP contribution is -2.15. The monoisotopic (exact) mass is 367 g/mol. The number of methoxy groups -OCH3 is 1. The zero-order chi connectivity index (χ0) is 19.4. The Kier molecular flexibility index (Phi) is 5.21. The fraction of sp³-hybridized carbons (Fsp3) is 0.150. The van der Waals surface area contributed by atoms with Crippen molar-refractivity contribution in [2.24, 2.45) is 0 Å². The highest BCUT2D eigenvalue weighted by Crippen LogP contribution is 2.23. The molecule has 1 aromatic heterocycles. The first-order valence-electron chi connectivity index (χ1n) is 8.22. The first kappa shape index (κ1) is 18.2. The van der Waals surface area contributed by atoms with Gasteiger partial charge in [0.25, 0.3) is 5.91 Å². The number of hydrogen-bond acceptors (Lipinski definition) is 6. The van der Waals surface area contributed by atoms with E-state index in [2.05, 4.69) is 5.32 Å². The second kappa shape index (κ2) is 7.74. The number of hydrogen-bond donors (Lipinski definition) is 1.